The largest absolute Gasteiger partial charge is 0.407 e. The monoisotopic (exact) mass is 281 g/mol. The fourth-order valence-electron chi connectivity index (χ4n) is 2.39. The summed E-state index contributed by atoms with van der Waals surface area (Å²) in [5.41, 5.74) is 6.54. The van der Waals surface area contributed by atoms with Crippen molar-refractivity contribution in [3.05, 3.63) is 47.5 Å². The number of hydrogen-bond acceptors (Lipinski definition) is 1. The molecule has 0 spiro atoms. The van der Waals surface area contributed by atoms with Gasteiger partial charge < -0.3 is 5.73 Å². The number of benzene rings is 2. The lowest BCUT2D eigenvalue weighted by Crippen LogP contribution is -2.28. The number of alkyl halides is 3. The SMILES string of the molecule is CC(C)Cc1ccc2cccc([C@H](N)C(F)(F)F)c2c1. The molecule has 0 aliphatic heterocycles. The first kappa shape index (κ1) is 14.9. The maximum absolute atomic E-state index is 12.8. The van der Waals surface area contributed by atoms with Crippen LogP contribution in [0.4, 0.5) is 13.2 Å². The molecule has 0 unspecified atom stereocenters. The second-order valence-corrected chi connectivity index (χ2v) is 5.52. The molecule has 1 atom stereocenters. The zero-order chi connectivity index (χ0) is 14.9. The third kappa shape index (κ3) is 3.12. The maximum Gasteiger partial charge on any atom is 0.407 e. The molecule has 0 saturated heterocycles. The van der Waals surface area contributed by atoms with Crippen molar-refractivity contribution in [1.82, 2.24) is 0 Å². The number of hydrogen-bond donors (Lipinski definition) is 1. The van der Waals surface area contributed by atoms with Crippen molar-refractivity contribution in [3.63, 3.8) is 0 Å². The summed E-state index contributed by atoms with van der Waals surface area (Å²) in [6.07, 6.45) is -3.59. The molecular formula is C16H18F3N. The molecule has 0 bridgehead atoms. The van der Waals surface area contributed by atoms with Crippen LogP contribution in [0.25, 0.3) is 10.8 Å². The number of rotatable bonds is 3. The van der Waals surface area contributed by atoms with Gasteiger partial charge in [0, 0.05) is 0 Å². The van der Waals surface area contributed by atoms with Gasteiger partial charge in [-0.25, -0.2) is 0 Å². The van der Waals surface area contributed by atoms with Crippen LogP contribution in [0.15, 0.2) is 36.4 Å². The van der Waals surface area contributed by atoms with Crippen molar-refractivity contribution in [2.24, 2.45) is 11.7 Å². The van der Waals surface area contributed by atoms with Gasteiger partial charge in [-0.1, -0.05) is 50.2 Å². The van der Waals surface area contributed by atoms with Crippen LogP contribution >= 0.6 is 0 Å². The first-order valence-electron chi connectivity index (χ1n) is 6.63. The molecule has 20 heavy (non-hydrogen) atoms. The Morgan fingerprint density at radius 1 is 1.10 bits per heavy atom. The van der Waals surface area contributed by atoms with Gasteiger partial charge in [0.05, 0.1) is 0 Å². The van der Waals surface area contributed by atoms with Gasteiger partial charge in [0.15, 0.2) is 0 Å². The second kappa shape index (κ2) is 5.44. The molecule has 0 heterocycles. The zero-order valence-corrected chi connectivity index (χ0v) is 11.5. The fraction of sp³-hybridized carbons (Fsp3) is 0.375. The molecular weight excluding hydrogens is 263 g/mol. The van der Waals surface area contributed by atoms with E-state index in [-0.39, 0.29) is 5.56 Å². The van der Waals surface area contributed by atoms with E-state index in [1.54, 1.807) is 12.1 Å². The first-order valence-corrected chi connectivity index (χ1v) is 6.63. The fourth-order valence-corrected chi connectivity index (χ4v) is 2.39. The van der Waals surface area contributed by atoms with Gasteiger partial charge in [-0.05, 0) is 34.2 Å². The highest BCUT2D eigenvalue weighted by molar-refractivity contribution is 5.87. The topological polar surface area (TPSA) is 26.0 Å². The third-order valence-corrected chi connectivity index (χ3v) is 3.31. The summed E-state index contributed by atoms with van der Waals surface area (Å²) in [5, 5.41) is 1.38. The molecule has 0 aliphatic rings. The van der Waals surface area contributed by atoms with Crippen molar-refractivity contribution >= 4 is 10.8 Å². The van der Waals surface area contributed by atoms with Crippen LogP contribution in [-0.2, 0) is 6.42 Å². The number of halogens is 3. The Bertz CT molecular complexity index is 602. The summed E-state index contributed by atoms with van der Waals surface area (Å²) in [6, 6.07) is 8.59. The summed E-state index contributed by atoms with van der Waals surface area (Å²) in [6.45, 7) is 4.16. The van der Waals surface area contributed by atoms with E-state index in [0.717, 1.165) is 17.4 Å². The van der Waals surface area contributed by atoms with Crippen LogP contribution in [0.1, 0.15) is 31.0 Å². The smallest absolute Gasteiger partial charge is 0.316 e. The quantitative estimate of drug-likeness (QED) is 0.874. The summed E-state index contributed by atoms with van der Waals surface area (Å²) in [4.78, 5) is 0. The molecule has 0 amide bonds. The molecule has 2 N–H and O–H groups in total. The predicted octanol–water partition coefficient (Wildman–Crippen LogP) is 4.60. The number of fused-ring (bicyclic) bond motifs is 1. The molecule has 1 nitrogen and oxygen atoms in total. The molecule has 0 aromatic heterocycles. The Labute approximate surface area is 116 Å². The number of nitrogens with two attached hydrogens (primary N) is 1. The Kier molecular flexibility index (Phi) is 4.04. The highest BCUT2D eigenvalue weighted by atomic mass is 19.4. The van der Waals surface area contributed by atoms with Crippen LogP contribution in [0.5, 0.6) is 0 Å². The van der Waals surface area contributed by atoms with Gasteiger partial charge in [0.25, 0.3) is 0 Å². The minimum absolute atomic E-state index is 0.139. The first-order chi connectivity index (χ1) is 9.29. The van der Waals surface area contributed by atoms with Crippen molar-refractivity contribution in [2.75, 3.05) is 0 Å². The van der Waals surface area contributed by atoms with Crippen molar-refractivity contribution in [1.29, 1.82) is 0 Å². The molecule has 4 heteroatoms. The van der Waals surface area contributed by atoms with Crippen molar-refractivity contribution in [3.8, 4) is 0 Å². The van der Waals surface area contributed by atoms with Gasteiger partial charge in [-0.15, -0.1) is 0 Å². The van der Waals surface area contributed by atoms with E-state index in [4.69, 9.17) is 5.73 Å². The summed E-state index contributed by atoms with van der Waals surface area (Å²) in [5.74, 6) is 0.455. The van der Waals surface area contributed by atoms with E-state index in [0.29, 0.717) is 11.3 Å². The summed E-state index contributed by atoms with van der Waals surface area (Å²) < 4.78 is 38.5. The third-order valence-electron chi connectivity index (χ3n) is 3.31. The standard InChI is InChI=1S/C16H18F3N/c1-10(2)8-11-6-7-12-4-3-5-13(14(12)9-11)15(20)16(17,18)19/h3-7,9-10,15H,8,20H2,1-2H3/t15-/m0/s1. The van der Waals surface area contributed by atoms with E-state index < -0.39 is 12.2 Å². The van der Waals surface area contributed by atoms with E-state index in [2.05, 4.69) is 13.8 Å². The van der Waals surface area contributed by atoms with Crippen LogP contribution in [-0.4, -0.2) is 6.18 Å². The zero-order valence-electron chi connectivity index (χ0n) is 11.5. The van der Waals surface area contributed by atoms with Gasteiger partial charge >= 0.3 is 6.18 Å². The second-order valence-electron chi connectivity index (χ2n) is 5.52. The highest BCUT2D eigenvalue weighted by Gasteiger charge is 2.38. The molecule has 108 valence electrons. The maximum atomic E-state index is 12.8. The van der Waals surface area contributed by atoms with E-state index in [9.17, 15) is 13.2 Å². The lowest BCUT2D eigenvalue weighted by Gasteiger charge is -2.18. The Morgan fingerprint density at radius 2 is 1.80 bits per heavy atom. The van der Waals surface area contributed by atoms with Crippen LogP contribution in [0.3, 0.4) is 0 Å². The lowest BCUT2D eigenvalue weighted by atomic mass is 9.94. The summed E-state index contributed by atoms with van der Waals surface area (Å²) in [7, 11) is 0. The van der Waals surface area contributed by atoms with E-state index in [1.807, 2.05) is 18.2 Å². The highest BCUT2D eigenvalue weighted by Crippen LogP contribution is 2.34. The molecule has 0 radical (unpaired) electrons. The lowest BCUT2D eigenvalue weighted by molar-refractivity contribution is -0.148. The Balaban J connectivity index is 2.54. The molecule has 0 aliphatic carbocycles. The predicted molar refractivity (Wildman–Crippen MR) is 75.5 cm³/mol. The van der Waals surface area contributed by atoms with E-state index >= 15 is 0 Å². The Morgan fingerprint density at radius 3 is 2.40 bits per heavy atom. The normalized spacial score (nSPS) is 13.9. The summed E-state index contributed by atoms with van der Waals surface area (Å²) >= 11 is 0. The molecule has 2 aromatic carbocycles. The van der Waals surface area contributed by atoms with Crippen molar-refractivity contribution in [2.45, 2.75) is 32.5 Å². The molecule has 2 rings (SSSR count). The molecule has 2 aromatic rings. The average molecular weight is 281 g/mol. The van der Waals surface area contributed by atoms with Crippen molar-refractivity contribution < 1.29 is 13.2 Å². The molecule has 0 fully saturated rings. The average Bonchev–Trinajstić information content (AvgIpc) is 2.35. The van der Waals surface area contributed by atoms with Crippen LogP contribution in [0.2, 0.25) is 0 Å². The van der Waals surface area contributed by atoms with Crippen LogP contribution < -0.4 is 5.73 Å². The van der Waals surface area contributed by atoms with Gasteiger partial charge in [0.1, 0.15) is 6.04 Å². The van der Waals surface area contributed by atoms with E-state index in [1.165, 1.54) is 6.07 Å². The van der Waals surface area contributed by atoms with Gasteiger partial charge in [-0.3, -0.25) is 0 Å². The molecule has 0 saturated carbocycles. The minimum atomic E-state index is -4.43. The minimum Gasteiger partial charge on any atom is -0.316 e. The van der Waals surface area contributed by atoms with Gasteiger partial charge in [0.2, 0.25) is 0 Å². The van der Waals surface area contributed by atoms with Crippen LogP contribution in [0, 0.1) is 5.92 Å². The van der Waals surface area contributed by atoms with Gasteiger partial charge in [-0.2, -0.15) is 13.2 Å². The Hall–Kier alpha value is -1.55.